The van der Waals surface area contributed by atoms with E-state index in [9.17, 15) is 9.59 Å². The number of aryl methyl sites for hydroxylation is 1. The van der Waals surface area contributed by atoms with Crippen molar-refractivity contribution >= 4 is 11.8 Å². The minimum Gasteiger partial charge on any atom is -0.347 e. The third-order valence-electron chi connectivity index (χ3n) is 4.09. The van der Waals surface area contributed by atoms with Crippen molar-refractivity contribution in [3.05, 3.63) is 95.1 Å². The van der Waals surface area contributed by atoms with Crippen LogP contribution in [0.5, 0.6) is 0 Å². The van der Waals surface area contributed by atoms with E-state index in [-0.39, 0.29) is 23.2 Å². The van der Waals surface area contributed by atoms with E-state index >= 15 is 0 Å². The molecule has 0 spiro atoms. The highest BCUT2D eigenvalue weighted by molar-refractivity contribution is 5.96. The maximum Gasteiger partial charge on any atom is 0.270 e. The highest BCUT2D eigenvalue weighted by Crippen LogP contribution is 2.07. The monoisotopic (exact) mass is 360 g/mol. The second-order valence-electron chi connectivity index (χ2n) is 6.06. The molecule has 0 aliphatic carbocycles. The van der Waals surface area contributed by atoms with Crippen LogP contribution in [0, 0.1) is 6.92 Å². The topological polar surface area (TPSA) is 84.0 Å². The van der Waals surface area contributed by atoms with E-state index in [1.165, 1.54) is 0 Å². The molecule has 2 amide bonds. The number of carbonyl (C=O) groups excluding carboxylic acids is 2. The Kier molecular flexibility index (Phi) is 5.89. The first-order valence-electron chi connectivity index (χ1n) is 8.60. The molecule has 2 aromatic heterocycles. The van der Waals surface area contributed by atoms with E-state index in [1.807, 2.05) is 37.3 Å². The van der Waals surface area contributed by atoms with Crippen LogP contribution in [0.4, 0.5) is 0 Å². The molecule has 6 heteroatoms. The summed E-state index contributed by atoms with van der Waals surface area (Å²) in [4.78, 5) is 32.8. The number of nitrogens with zero attached hydrogens (tertiary/aromatic N) is 2. The van der Waals surface area contributed by atoms with Gasteiger partial charge >= 0.3 is 0 Å². The van der Waals surface area contributed by atoms with Crippen LogP contribution in [-0.4, -0.2) is 21.8 Å². The van der Waals surface area contributed by atoms with Gasteiger partial charge in [-0.3, -0.25) is 14.6 Å². The summed E-state index contributed by atoms with van der Waals surface area (Å²) < 4.78 is 0. The van der Waals surface area contributed by atoms with Gasteiger partial charge < -0.3 is 10.6 Å². The predicted molar refractivity (Wildman–Crippen MR) is 102 cm³/mol. The number of carbonyl (C=O) groups is 2. The summed E-state index contributed by atoms with van der Waals surface area (Å²) in [7, 11) is 0. The van der Waals surface area contributed by atoms with Gasteiger partial charge in [-0.1, -0.05) is 36.4 Å². The minimum atomic E-state index is -0.340. The van der Waals surface area contributed by atoms with Gasteiger partial charge in [-0.05, 0) is 41.8 Å². The van der Waals surface area contributed by atoms with Crippen LogP contribution in [0.3, 0.4) is 0 Å². The van der Waals surface area contributed by atoms with Gasteiger partial charge in [0.05, 0.1) is 0 Å². The number of rotatable bonds is 6. The van der Waals surface area contributed by atoms with Gasteiger partial charge in [-0.15, -0.1) is 0 Å². The molecule has 0 atom stereocenters. The molecule has 136 valence electrons. The molecule has 27 heavy (non-hydrogen) atoms. The molecule has 0 unspecified atom stereocenters. The van der Waals surface area contributed by atoms with Crippen molar-refractivity contribution in [1.29, 1.82) is 0 Å². The summed E-state index contributed by atoms with van der Waals surface area (Å²) in [6.07, 6.45) is 3.36. The van der Waals surface area contributed by atoms with Gasteiger partial charge in [0.15, 0.2) is 0 Å². The number of hydrogen-bond acceptors (Lipinski definition) is 4. The fourth-order valence-corrected chi connectivity index (χ4v) is 2.54. The Morgan fingerprint density at radius 1 is 0.852 bits per heavy atom. The lowest BCUT2D eigenvalue weighted by Gasteiger charge is -2.09. The number of aromatic nitrogens is 2. The van der Waals surface area contributed by atoms with E-state index in [0.717, 1.165) is 16.7 Å². The van der Waals surface area contributed by atoms with Crippen LogP contribution < -0.4 is 10.6 Å². The van der Waals surface area contributed by atoms with Gasteiger partial charge in [0.25, 0.3) is 11.8 Å². The highest BCUT2D eigenvalue weighted by Gasteiger charge is 2.12. The standard InChI is InChI=1S/C21H20N4O2/c1-15-6-2-3-8-17(15)14-24-21(27)19-10-4-9-18(25-19)20(26)23-13-16-7-5-11-22-12-16/h2-12H,13-14H2,1H3,(H,23,26)(H,24,27). The molecular formula is C21H20N4O2. The van der Waals surface area contributed by atoms with Gasteiger partial charge in [-0.25, -0.2) is 4.98 Å². The van der Waals surface area contributed by atoms with Crippen molar-refractivity contribution in [2.45, 2.75) is 20.0 Å². The number of amides is 2. The summed E-state index contributed by atoms with van der Waals surface area (Å²) in [5.74, 6) is -0.660. The Hall–Kier alpha value is -3.54. The van der Waals surface area contributed by atoms with Crippen molar-refractivity contribution in [2.75, 3.05) is 0 Å². The fourth-order valence-electron chi connectivity index (χ4n) is 2.54. The predicted octanol–water partition coefficient (Wildman–Crippen LogP) is 2.65. The Labute approximate surface area is 157 Å². The lowest BCUT2D eigenvalue weighted by atomic mass is 10.1. The normalized spacial score (nSPS) is 10.3. The first kappa shape index (κ1) is 18.3. The van der Waals surface area contributed by atoms with Crippen LogP contribution in [0.25, 0.3) is 0 Å². The molecule has 0 saturated carbocycles. The quantitative estimate of drug-likeness (QED) is 0.708. The maximum absolute atomic E-state index is 12.4. The van der Waals surface area contributed by atoms with Crippen LogP contribution >= 0.6 is 0 Å². The fraction of sp³-hybridized carbons (Fsp3) is 0.143. The largest absolute Gasteiger partial charge is 0.347 e. The van der Waals surface area contributed by atoms with Gasteiger partial charge in [-0.2, -0.15) is 0 Å². The van der Waals surface area contributed by atoms with E-state index in [4.69, 9.17) is 0 Å². The second-order valence-corrected chi connectivity index (χ2v) is 6.06. The van der Waals surface area contributed by atoms with Gasteiger partial charge in [0.1, 0.15) is 11.4 Å². The smallest absolute Gasteiger partial charge is 0.270 e. The summed E-state index contributed by atoms with van der Waals surface area (Å²) in [6, 6.07) is 16.3. The lowest BCUT2D eigenvalue weighted by Crippen LogP contribution is -2.27. The first-order chi connectivity index (χ1) is 13.1. The molecule has 2 N–H and O–H groups in total. The van der Waals surface area contributed by atoms with Crippen LogP contribution in [-0.2, 0) is 13.1 Å². The number of hydrogen-bond donors (Lipinski definition) is 2. The van der Waals surface area contributed by atoms with E-state index in [0.29, 0.717) is 13.1 Å². The Morgan fingerprint density at radius 2 is 1.56 bits per heavy atom. The molecule has 0 aliphatic heterocycles. The molecule has 3 rings (SSSR count). The Balaban J connectivity index is 1.61. The zero-order chi connectivity index (χ0) is 19.1. The maximum atomic E-state index is 12.4. The average molecular weight is 360 g/mol. The van der Waals surface area contributed by atoms with Crippen molar-refractivity contribution < 1.29 is 9.59 Å². The molecule has 6 nitrogen and oxygen atoms in total. The third kappa shape index (κ3) is 4.98. The second kappa shape index (κ2) is 8.71. The molecule has 0 fully saturated rings. The van der Waals surface area contributed by atoms with Crippen LogP contribution in [0.15, 0.2) is 67.0 Å². The van der Waals surface area contributed by atoms with Crippen LogP contribution in [0.1, 0.15) is 37.7 Å². The zero-order valence-corrected chi connectivity index (χ0v) is 15.0. The zero-order valence-electron chi connectivity index (χ0n) is 15.0. The SMILES string of the molecule is Cc1ccccc1CNC(=O)c1cccc(C(=O)NCc2cccnc2)n1. The molecular weight excluding hydrogens is 340 g/mol. The molecule has 1 aromatic carbocycles. The summed E-state index contributed by atoms with van der Waals surface area (Å²) >= 11 is 0. The van der Waals surface area contributed by atoms with Crippen molar-refractivity contribution in [2.24, 2.45) is 0 Å². The van der Waals surface area contributed by atoms with Crippen molar-refractivity contribution in [1.82, 2.24) is 20.6 Å². The summed E-state index contributed by atoms with van der Waals surface area (Å²) in [6.45, 7) is 2.75. The number of benzene rings is 1. The highest BCUT2D eigenvalue weighted by atomic mass is 16.2. The first-order valence-corrected chi connectivity index (χ1v) is 8.60. The minimum absolute atomic E-state index is 0.197. The Morgan fingerprint density at radius 3 is 2.22 bits per heavy atom. The average Bonchev–Trinajstić information content (AvgIpc) is 2.72. The summed E-state index contributed by atoms with van der Waals surface area (Å²) in [5, 5.41) is 5.61. The lowest BCUT2D eigenvalue weighted by molar-refractivity contribution is 0.0941. The number of nitrogens with one attached hydrogen (secondary N) is 2. The Bertz CT molecular complexity index is 942. The molecule has 0 radical (unpaired) electrons. The van der Waals surface area contributed by atoms with E-state index < -0.39 is 0 Å². The molecule has 0 aliphatic rings. The molecule has 3 aromatic rings. The summed E-state index contributed by atoms with van der Waals surface area (Å²) in [5.41, 5.74) is 3.43. The molecule has 0 bridgehead atoms. The van der Waals surface area contributed by atoms with Crippen molar-refractivity contribution in [3.8, 4) is 0 Å². The number of pyridine rings is 2. The van der Waals surface area contributed by atoms with E-state index in [1.54, 1.807) is 36.7 Å². The van der Waals surface area contributed by atoms with Gasteiger partial charge in [0, 0.05) is 25.5 Å². The molecule has 2 heterocycles. The van der Waals surface area contributed by atoms with Crippen LogP contribution in [0.2, 0.25) is 0 Å². The molecule has 0 saturated heterocycles. The van der Waals surface area contributed by atoms with Gasteiger partial charge in [0.2, 0.25) is 0 Å². The van der Waals surface area contributed by atoms with E-state index in [2.05, 4.69) is 20.6 Å². The third-order valence-corrected chi connectivity index (χ3v) is 4.09. The van der Waals surface area contributed by atoms with Crippen molar-refractivity contribution in [3.63, 3.8) is 0 Å².